The van der Waals surface area contributed by atoms with Crippen LogP contribution in [0.2, 0.25) is 5.02 Å². The summed E-state index contributed by atoms with van der Waals surface area (Å²) in [6.07, 6.45) is 0. The number of imide groups is 1. The maximum Gasteiger partial charge on any atom is 0.326 e. The molecule has 12 heteroatoms. The average Bonchev–Trinajstić information content (AvgIpc) is 2.96. The third kappa shape index (κ3) is 5.78. The number of aliphatic carboxylic acids is 1. The van der Waals surface area contributed by atoms with Crippen LogP contribution >= 0.6 is 11.6 Å². The molecule has 1 atom stereocenters. The normalized spacial score (nSPS) is 17.6. The van der Waals surface area contributed by atoms with Gasteiger partial charge in [0, 0.05) is 62.7 Å². The molecule has 2 aliphatic rings. The number of nitrogens with zero attached hydrogens (tertiary/aromatic N) is 4. The highest BCUT2D eigenvalue weighted by atomic mass is 35.5. The molecule has 0 bridgehead atoms. The van der Waals surface area contributed by atoms with Crippen molar-refractivity contribution in [3.05, 3.63) is 64.7 Å². The van der Waals surface area contributed by atoms with Gasteiger partial charge in [-0.1, -0.05) is 48.0 Å². The number of aromatic nitrogens is 1. The van der Waals surface area contributed by atoms with Crippen LogP contribution in [0.15, 0.2) is 48.5 Å². The largest absolute Gasteiger partial charge is 0.481 e. The fraction of sp³-hybridized carbons (Fsp3) is 0.323. The Bertz CT molecular complexity index is 1620. The van der Waals surface area contributed by atoms with Crippen LogP contribution in [0.4, 0.5) is 10.5 Å². The zero-order chi connectivity index (χ0) is 31.0. The number of anilines is 1. The topological polar surface area (TPSA) is 132 Å². The molecule has 3 aromatic rings. The Morgan fingerprint density at radius 3 is 2.40 bits per heavy atom. The van der Waals surface area contributed by atoms with E-state index in [2.05, 4.69) is 5.32 Å². The van der Waals surface area contributed by atoms with Crippen molar-refractivity contribution in [3.8, 4) is 28.3 Å². The summed E-state index contributed by atoms with van der Waals surface area (Å²) in [5.74, 6) is -2.76. The number of nitrogens with one attached hydrogen (secondary N) is 1. The van der Waals surface area contributed by atoms with E-state index < -0.39 is 29.7 Å². The molecule has 43 heavy (non-hydrogen) atoms. The summed E-state index contributed by atoms with van der Waals surface area (Å²) in [6.45, 7) is 3.35. The van der Waals surface area contributed by atoms with Crippen LogP contribution in [0.25, 0.3) is 22.4 Å². The summed E-state index contributed by atoms with van der Waals surface area (Å²) >= 11 is 6.97. The molecule has 5 rings (SSSR count). The Hall–Kier alpha value is -4.48. The summed E-state index contributed by atoms with van der Waals surface area (Å²) < 4.78 is 5.57. The highest BCUT2D eigenvalue weighted by molar-refractivity contribution is 6.36. The van der Waals surface area contributed by atoms with Crippen LogP contribution in [0.1, 0.15) is 11.1 Å². The molecule has 0 spiro atoms. The van der Waals surface area contributed by atoms with Gasteiger partial charge in [0.1, 0.15) is 5.92 Å². The van der Waals surface area contributed by atoms with E-state index in [1.807, 2.05) is 48.2 Å². The lowest BCUT2D eigenvalue weighted by molar-refractivity contribution is -0.148. The molecule has 1 aromatic heterocycles. The van der Waals surface area contributed by atoms with Gasteiger partial charge in [-0.2, -0.15) is 0 Å². The molecule has 2 aliphatic heterocycles. The van der Waals surface area contributed by atoms with Gasteiger partial charge >= 0.3 is 12.0 Å². The number of carbonyl (C=O) groups is 4. The van der Waals surface area contributed by atoms with Crippen molar-refractivity contribution in [2.75, 3.05) is 46.2 Å². The summed E-state index contributed by atoms with van der Waals surface area (Å²) in [4.78, 5) is 58.0. The van der Waals surface area contributed by atoms with Crippen LogP contribution in [-0.2, 0) is 20.9 Å². The average molecular weight is 606 g/mol. The van der Waals surface area contributed by atoms with Gasteiger partial charge in [-0.15, -0.1) is 0 Å². The highest BCUT2D eigenvalue weighted by Gasteiger charge is 2.39. The number of ether oxygens (including phenoxy) is 1. The van der Waals surface area contributed by atoms with Gasteiger partial charge in [0.2, 0.25) is 17.7 Å². The van der Waals surface area contributed by atoms with Crippen molar-refractivity contribution in [1.82, 2.24) is 19.7 Å². The number of amides is 4. The molecule has 3 heterocycles. The van der Waals surface area contributed by atoms with E-state index in [9.17, 15) is 19.2 Å². The number of hydrogen-bond acceptors (Lipinski definition) is 7. The molecule has 0 aliphatic carbocycles. The third-order valence-corrected chi connectivity index (χ3v) is 8.41. The number of hydrogen-bond donors (Lipinski definition) is 2. The van der Waals surface area contributed by atoms with Crippen molar-refractivity contribution >= 4 is 41.1 Å². The van der Waals surface area contributed by atoms with E-state index in [4.69, 9.17) is 26.4 Å². The minimum Gasteiger partial charge on any atom is -0.481 e. The number of carboxylic acid groups (broad SMARTS) is 1. The van der Waals surface area contributed by atoms with Gasteiger partial charge in [-0.25, -0.2) is 9.78 Å². The molecule has 0 radical (unpaired) electrons. The van der Waals surface area contributed by atoms with Crippen molar-refractivity contribution < 1.29 is 29.0 Å². The van der Waals surface area contributed by atoms with E-state index in [-0.39, 0.29) is 12.5 Å². The first-order chi connectivity index (χ1) is 20.5. The van der Waals surface area contributed by atoms with E-state index in [0.717, 1.165) is 27.2 Å². The predicted molar refractivity (Wildman–Crippen MR) is 161 cm³/mol. The van der Waals surface area contributed by atoms with Crippen molar-refractivity contribution in [3.63, 3.8) is 0 Å². The minimum absolute atomic E-state index is 0.00338. The molecule has 0 saturated carbocycles. The zero-order valence-corrected chi connectivity index (χ0v) is 25.0. The van der Waals surface area contributed by atoms with Crippen LogP contribution in [0.5, 0.6) is 5.88 Å². The lowest BCUT2D eigenvalue weighted by atomic mass is 9.96. The van der Waals surface area contributed by atoms with Crippen LogP contribution < -0.4 is 10.1 Å². The minimum atomic E-state index is -1.02. The van der Waals surface area contributed by atoms with Gasteiger partial charge < -0.3 is 20.1 Å². The summed E-state index contributed by atoms with van der Waals surface area (Å²) in [6, 6.07) is 14.4. The molecule has 2 saturated heterocycles. The second-order valence-corrected chi connectivity index (χ2v) is 11.2. The first-order valence-corrected chi connectivity index (χ1v) is 14.1. The van der Waals surface area contributed by atoms with Crippen LogP contribution in [-0.4, -0.2) is 89.4 Å². The smallest absolute Gasteiger partial charge is 0.326 e. The Balaban J connectivity index is 1.39. The zero-order valence-electron chi connectivity index (χ0n) is 24.3. The molecule has 224 valence electrons. The number of carbonyl (C=O) groups excluding carboxylic acids is 3. The SMILES string of the molecule is COc1nc(-c2cccc(-c3cccc(NC(=O)C4CN(C)C(=O)N(C)C4=O)c3C)c2Cl)ccc1CN1CC(C(=O)O)C1. The summed E-state index contributed by atoms with van der Waals surface area (Å²) in [7, 11) is 4.46. The fourth-order valence-corrected chi connectivity index (χ4v) is 5.77. The maximum absolute atomic E-state index is 13.1. The van der Waals surface area contributed by atoms with E-state index in [1.54, 1.807) is 26.3 Å². The number of methoxy groups -OCH3 is 1. The van der Waals surface area contributed by atoms with Gasteiger partial charge in [-0.3, -0.25) is 24.2 Å². The first-order valence-electron chi connectivity index (χ1n) is 13.7. The number of benzene rings is 2. The molecular formula is C31H32ClN5O6. The standard InChI is InChI=1S/C31H32ClN5O6/c1-17-20(7-6-10-24(17)33-27(38)23-16-35(2)31(42)36(3)29(23)39)21-8-5-9-22(26(21)32)25-12-11-18(28(34-25)43-4)13-37-14-19(15-37)30(40)41/h5-12,19,23H,13-16H2,1-4H3,(H,33,38)(H,40,41). The van der Waals surface area contributed by atoms with Gasteiger partial charge in [0.25, 0.3) is 0 Å². The van der Waals surface area contributed by atoms with Gasteiger partial charge in [-0.05, 0) is 30.2 Å². The molecule has 2 N–H and O–H groups in total. The Morgan fingerprint density at radius 2 is 1.70 bits per heavy atom. The van der Waals surface area contributed by atoms with Crippen molar-refractivity contribution in [2.24, 2.45) is 11.8 Å². The molecular weight excluding hydrogens is 574 g/mol. The predicted octanol–water partition coefficient (Wildman–Crippen LogP) is 3.98. The molecule has 4 amide bonds. The number of carboxylic acids is 1. The van der Waals surface area contributed by atoms with Crippen molar-refractivity contribution in [2.45, 2.75) is 13.5 Å². The van der Waals surface area contributed by atoms with E-state index >= 15 is 0 Å². The molecule has 2 aromatic carbocycles. The number of pyridine rings is 1. The lowest BCUT2D eigenvalue weighted by Crippen LogP contribution is -2.56. The van der Waals surface area contributed by atoms with Gasteiger partial charge in [0.15, 0.2) is 0 Å². The number of rotatable bonds is 8. The monoisotopic (exact) mass is 605 g/mol. The van der Waals surface area contributed by atoms with E-state index in [0.29, 0.717) is 47.5 Å². The quantitative estimate of drug-likeness (QED) is 0.369. The van der Waals surface area contributed by atoms with Crippen LogP contribution in [0, 0.1) is 18.8 Å². The molecule has 1 unspecified atom stereocenters. The number of likely N-dealkylation sites (tertiary alicyclic amines) is 1. The third-order valence-electron chi connectivity index (χ3n) is 8.00. The number of urea groups is 1. The molecule has 2 fully saturated rings. The maximum atomic E-state index is 13.1. The summed E-state index contributed by atoms with van der Waals surface area (Å²) in [5.41, 5.74) is 4.96. The van der Waals surface area contributed by atoms with Crippen molar-refractivity contribution in [1.29, 1.82) is 0 Å². The Morgan fingerprint density at radius 1 is 1.02 bits per heavy atom. The first kappa shape index (κ1) is 30.0. The second-order valence-electron chi connectivity index (χ2n) is 10.8. The fourth-order valence-electron chi connectivity index (χ4n) is 5.44. The molecule has 11 nitrogen and oxygen atoms in total. The Labute approximate surface area is 254 Å². The Kier molecular flexibility index (Phi) is 8.38. The second kappa shape index (κ2) is 12.0. The van der Waals surface area contributed by atoms with E-state index in [1.165, 1.54) is 11.9 Å². The lowest BCUT2D eigenvalue weighted by Gasteiger charge is -2.36. The van der Waals surface area contributed by atoms with Gasteiger partial charge in [0.05, 0.1) is 23.7 Å². The number of halogens is 1. The van der Waals surface area contributed by atoms with Crippen LogP contribution in [0.3, 0.4) is 0 Å². The summed E-state index contributed by atoms with van der Waals surface area (Å²) in [5, 5.41) is 12.5. The highest BCUT2D eigenvalue weighted by Crippen LogP contribution is 2.39.